The molecule has 6 heteroatoms. The van der Waals surface area contributed by atoms with E-state index in [-0.39, 0.29) is 37.1 Å². The van der Waals surface area contributed by atoms with Crippen molar-refractivity contribution in [3.8, 4) is 0 Å². The van der Waals surface area contributed by atoms with Gasteiger partial charge in [-0.15, -0.1) is 12.4 Å². The maximum Gasteiger partial charge on any atom is 0.246 e. The van der Waals surface area contributed by atoms with Crippen molar-refractivity contribution in [2.75, 3.05) is 39.3 Å². The molecule has 2 aliphatic heterocycles. The van der Waals surface area contributed by atoms with Crippen LogP contribution in [0.5, 0.6) is 0 Å². The van der Waals surface area contributed by atoms with Gasteiger partial charge in [0.2, 0.25) is 5.91 Å². The summed E-state index contributed by atoms with van der Waals surface area (Å²) in [5.74, 6) is 0.0213. The number of likely N-dealkylation sites (tertiary alicyclic amines) is 1. The van der Waals surface area contributed by atoms with Crippen LogP contribution in [0, 0.1) is 0 Å². The van der Waals surface area contributed by atoms with E-state index in [1.165, 1.54) is 32.4 Å². The van der Waals surface area contributed by atoms with Crippen molar-refractivity contribution in [1.82, 2.24) is 15.5 Å². The minimum Gasteiger partial charge on any atom is -0.368 e. The Morgan fingerprint density at radius 3 is 2.62 bits per heavy atom. The Kier molecular flexibility index (Phi) is 9.24. The first kappa shape index (κ1) is 18.7. The standard InChI is InChI=1S/C15H29N3O2.ClH/c1-13(11-18-9-3-2-4-10-18)17-15(19)12-20-14-5-7-16-8-6-14;/h13-14,16H,2-12H2,1H3,(H,17,19);1H. The molecule has 0 spiro atoms. The summed E-state index contributed by atoms with van der Waals surface area (Å²) < 4.78 is 5.67. The Hall–Kier alpha value is -0.360. The first-order valence-electron chi connectivity index (χ1n) is 8.08. The van der Waals surface area contributed by atoms with E-state index in [2.05, 4.69) is 22.5 Å². The molecule has 124 valence electrons. The quantitative estimate of drug-likeness (QED) is 0.771. The van der Waals surface area contributed by atoms with Gasteiger partial charge in [-0.05, 0) is 58.8 Å². The van der Waals surface area contributed by atoms with Crippen LogP contribution >= 0.6 is 12.4 Å². The van der Waals surface area contributed by atoms with Crippen LogP contribution in [0.4, 0.5) is 0 Å². The zero-order chi connectivity index (χ0) is 14.2. The van der Waals surface area contributed by atoms with Crippen LogP contribution in [-0.4, -0.2) is 62.3 Å². The smallest absolute Gasteiger partial charge is 0.246 e. The molecule has 0 bridgehead atoms. The normalized spacial score (nSPS) is 22.3. The predicted octanol–water partition coefficient (Wildman–Crippen LogP) is 1.17. The van der Waals surface area contributed by atoms with Crippen molar-refractivity contribution in [2.45, 2.75) is 51.2 Å². The summed E-state index contributed by atoms with van der Waals surface area (Å²) in [7, 11) is 0. The van der Waals surface area contributed by atoms with Crippen LogP contribution in [0.15, 0.2) is 0 Å². The fourth-order valence-corrected chi connectivity index (χ4v) is 3.05. The number of hydrogen-bond donors (Lipinski definition) is 2. The van der Waals surface area contributed by atoms with Gasteiger partial charge in [0.25, 0.3) is 0 Å². The minimum atomic E-state index is 0. The van der Waals surface area contributed by atoms with Gasteiger partial charge in [0.15, 0.2) is 0 Å². The first-order valence-corrected chi connectivity index (χ1v) is 8.08. The minimum absolute atomic E-state index is 0. The highest BCUT2D eigenvalue weighted by Crippen LogP contribution is 2.09. The number of nitrogens with one attached hydrogen (secondary N) is 2. The maximum atomic E-state index is 11.9. The van der Waals surface area contributed by atoms with Gasteiger partial charge in [-0.1, -0.05) is 6.42 Å². The van der Waals surface area contributed by atoms with E-state index in [1.54, 1.807) is 0 Å². The van der Waals surface area contributed by atoms with Gasteiger partial charge in [0, 0.05) is 12.6 Å². The lowest BCUT2D eigenvalue weighted by Gasteiger charge is -2.29. The van der Waals surface area contributed by atoms with Gasteiger partial charge in [0.1, 0.15) is 6.61 Å². The highest BCUT2D eigenvalue weighted by Gasteiger charge is 2.17. The Balaban J connectivity index is 0.00000220. The number of piperidine rings is 2. The summed E-state index contributed by atoms with van der Waals surface area (Å²) in [5.41, 5.74) is 0. The molecule has 21 heavy (non-hydrogen) atoms. The summed E-state index contributed by atoms with van der Waals surface area (Å²) in [5, 5.41) is 6.34. The zero-order valence-electron chi connectivity index (χ0n) is 13.1. The molecule has 0 aliphatic carbocycles. The van der Waals surface area contributed by atoms with E-state index < -0.39 is 0 Å². The summed E-state index contributed by atoms with van der Waals surface area (Å²) in [6.07, 6.45) is 6.20. The highest BCUT2D eigenvalue weighted by molar-refractivity contribution is 5.85. The highest BCUT2D eigenvalue weighted by atomic mass is 35.5. The molecule has 0 aromatic rings. The Morgan fingerprint density at radius 2 is 1.95 bits per heavy atom. The third kappa shape index (κ3) is 7.45. The number of rotatable bonds is 6. The molecule has 2 fully saturated rings. The van der Waals surface area contributed by atoms with Gasteiger partial charge in [0.05, 0.1) is 6.10 Å². The van der Waals surface area contributed by atoms with Gasteiger partial charge in [-0.2, -0.15) is 0 Å². The molecule has 1 atom stereocenters. The molecule has 1 unspecified atom stereocenters. The maximum absolute atomic E-state index is 11.9. The number of carbonyl (C=O) groups is 1. The zero-order valence-corrected chi connectivity index (χ0v) is 13.9. The van der Waals surface area contributed by atoms with E-state index >= 15 is 0 Å². The van der Waals surface area contributed by atoms with E-state index in [1.807, 2.05) is 0 Å². The lowest BCUT2D eigenvalue weighted by atomic mass is 10.1. The van der Waals surface area contributed by atoms with Crippen LogP contribution < -0.4 is 10.6 Å². The van der Waals surface area contributed by atoms with Crippen molar-refractivity contribution >= 4 is 18.3 Å². The molecule has 1 amide bonds. The molecular formula is C15H30ClN3O2. The number of halogens is 1. The molecule has 2 saturated heterocycles. The van der Waals surface area contributed by atoms with Crippen molar-refractivity contribution in [2.24, 2.45) is 0 Å². The monoisotopic (exact) mass is 319 g/mol. The topological polar surface area (TPSA) is 53.6 Å². The Labute approximate surface area is 134 Å². The summed E-state index contributed by atoms with van der Waals surface area (Å²) in [4.78, 5) is 14.3. The lowest BCUT2D eigenvalue weighted by Crippen LogP contribution is -2.45. The molecule has 0 radical (unpaired) electrons. The van der Waals surface area contributed by atoms with Gasteiger partial charge < -0.3 is 20.3 Å². The summed E-state index contributed by atoms with van der Waals surface area (Å²) in [6, 6.07) is 0.206. The molecule has 5 nitrogen and oxygen atoms in total. The molecule has 2 rings (SSSR count). The molecule has 2 heterocycles. The van der Waals surface area contributed by atoms with Crippen LogP contribution in [0.1, 0.15) is 39.0 Å². The van der Waals surface area contributed by atoms with Crippen LogP contribution in [0.3, 0.4) is 0 Å². The molecule has 0 aromatic carbocycles. The van der Waals surface area contributed by atoms with Crippen LogP contribution in [0.25, 0.3) is 0 Å². The van der Waals surface area contributed by atoms with E-state index in [0.717, 1.165) is 32.5 Å². The average molecular weight is 320 g/mol. The van der Waals surface area contributed by atoms with Crippen molar-refractivity contribution in [3.05, 3.63) is 0 Å². The number of ether oxygens (including phenoxy) is 1. The molecule has 2 N–H and O–H groups in total. The van der Waals surface area contributed by atoms with Crippen molar-refractivity contribution < 1.29 is 9.53 Å². The molecule has 0 saturated carbocycles. The van der Waals surface area contributed by atoms with E-state index in [4.69, 9.17) is 4.74 Å². The second kappa shape index (κ2) is 10.4. The summed E-state index contributed by atoms with van der Waals surface area (Å²) >= 11 is 0. The number of nitrogens with zero attached hydrogens (tertiary/aromatic N) is 1. The number of carbonyl (C=O) groups excluding carboxylic acids is 1. The average Bonchev–Trinajstić information content (AvgIpc) is 2.47. The fraction of sp³-hybridized carbons (Fsp3) is 0.933. The largest absolute Gasteiger partial charge is 0.368 e. The van der Waals surface area contributed by atoms with Crippen LogP contribution in [-0.2, 0) is 9.53 Å². The Bertz CT molecular complexity index is 293. The van der Waals surface area contributed by atoms with Crippen LogP contribution in [0.2, 0.25) is 0 Å². The van der Waals surface area contributed by atoms with Gasteiger partial charge in [-0.3, -0.25) is 4.79 Å². The third-order valence-electron chi connectivity index (χ3n) is 4.12. The first-order chi connectivity index (χ1) is 9.74. The molecule has 0 aromatic heterocycles. The Morgan fingerprint density at radius 1 is 1.29 bits per heavy atom. The van der Waals surface area contributed by atoms with E-state index in [9.17, 15) is 4.79 Å². The number of amides is 1. The van der Waals surface area contributed by atoms with E-state index in [0.29, 0.717) is 0 Å². The fourth-order valence-electron chi connectivity index (χ4n) is 3.05. The lowest BCUT2D eigenvalue weighted by molar-refractivity contribution is -0.129. The third-order valence-corrected chi connectivity index (χ3v) is 4.12. The van der Waals surface area contributed by atoms with Gasteiger partial charge >= 0.3 is 0 Å². The second-order valence-electron chi connectivity index (χ2n) is 6.09. The van der Waals surface area contributed by atoms with Crippen molar-refractivity contribution in [3.63, 3.8) is 0 Å². The second-order valence-corrected chi connectivity index (χ2v) is 6.09. The van der Waals surface area contributed by atoms with Crippen molar-refractivity contribution in [1.29, 1.82) is 0 Å². The predicted molar refractivity (Wildman–Crippen MR) is 87.0 cm³/mol. The number of hydrogen-bond acceptors (Lipinski definition) is 4. The van der Waals surface area contributed by atoms with Gasteiger partial charge in [-0.25, -0.2) is 0 Å². The molecular weight excluding hydrogens is 290 g/mol. The SMILES string of the molecule is CC(CN1CCCCC1)NC(=O)COC1CCNCC1.Cl. The summed E-state index contributed by atoms with van der Waals surface area (Å²) in [6.45, 7) is 7.58. The molecule has 2 aliphatic rings.